The van der Waals surface area contributed by atoms with Crippen LogP contribution in [0.3, 0.4) is 0 Å². The Bertz CT molecular complexity index is 414. The van der Waals surface area contributed by atoms with E-state index < -0.39 is 5.60 Å². The second-order valence-corrected chi connectivity index (χ2v) is 5.16. The van der Waals surface area contributed by atoms with Gasteiger partial charge in [-0.3, -0.25) is 0 Å². The van der Waals surface area contributed by atoms with E-state index in [1.807, 2.05) is 6.92 Å². The maximum absolute atomic E-state index is 13.3. The molecule has 3 nitrogen and oxygen atoms in total. The fourth-order valence-electron chi connectivity index (χ4n) is 2.52. The number of benzene rings is 1. The van der Waals surface area contributed by atoms with Crippen molar-refractivity contribution < 1.29 is 14.2 Å². The van der Waals surface area contributed by atoms with Crippen molar-refractivity contribution in [1.82, 2.24) is 5.32 Å². The summed E-state index contributed by atoms with van der Waals surface area (Å²) in [7, 11) is 0. The number of nitrogens with one attached hydrogen (secondary N) is 1. The molecule has 1 fully saturated rings. The van der Waals surface area contributed by atoms with E-state index >= 15 is 0 Å². The van der Waals surface area contributed by atoms with Gasteiger partial charge in [-0.15, -0.1) is 0 Å². The monoisotopic (exact) mass is 253 g/mol. The number of hydrogen-bond donors (Lipinski definition) is 2. The minimum absolute atomic E-state index is 0.108. The van der Waals surface area contributed by atoms with Crippen LogP contribution in [0.1, 0.15) is 24.5 Å². The molecule has 0 bridgehead atoms. The fraction of sp³-hybridized carbons (Fsp3) is 0.571. The first kappa shape index (κ1) is 13.5. The fourth-order valence-corrected chi connectivity index (χ4v) is 2.52. The van der Waals surface area contributed by atoms with Crippen molar-refractivity contribution >= 4 is 0 Å². The van der Waals surface area contributed by atoms with Gasteiger partial charge in [-0.1, -0.05) is 6.07 Å². The number of rotatable bonds is 3. The van der Waals surface area contributed by atoms with Gasteiger partial charge in [0, 0.05) is 12.6 Å². The molecule has 1 aliphatic rings. The largest absolute Gasteiger partial charge is 0.385 e. The lowest BCUT2D eigenvalue weighted by Gasteiger charge is -2.32. The summed E-state index contributed by atoms with van der Waals surface area (Å²) in [6, 6.07) is 4.64. The molecule has 2 N–H and O–H groups in total. The quantitative estimate of drug-likeness (QED) is 0.862. The van der Waals surface area contributed by atoms with Crippen molar-refractivity contribution in [3.8, 4) is 0 Å². The van der Waals surface area contributed by atoms with Gasteiger partial charge in [-0.25, -0.2) is 4.39 Å². The molecule has 0 aliphatic carbocycles. The summed E-state index contributed by atoms with van der Waals surface area (Å²) in [5.41, 5.74) is 0.498. The van der Waals surface area contributed by atoms with Crippen LogP contribution in [-0.4, -0.2) is 30.9 Å². The summed E-state index contributed by atoms with van der Waals surface area (Å²) in [5.74, 6) is -0.316. The van der Waals surface area contributed by atoms with Crippen LogP contribution in [0.25, 0.3) is 0 Å². The minimum atomic E-state index is -1.05. The van der Waals surface area contributed by atoms with E-state index in [0.29, 0.717) is 25.2 Å². The Balaban J connectivity index is 2.15. The lowest BCUT2D eigenvalue weighted by molar-refractivity contribution is 0.00268. The number of aryl methyl sites for hydroxylation is 1. The summed E-state index contributed by atoms with van der Waals surface area (Å²) in [4.78, 5) is 0. The van der Waals surface area contributed by atoms with Crippen LogP contribution >= 0.6 is 0 Å². The van der Waals surface area contributed by atoms with Gasteiger partial charge in [0.25, 0.3) is 0 Å². The summed E-state index contributed by atoms with van der Waals surface area (Å²) in [6.45, 7) is 5.70. The number of morpholine rings is 1. The third kappa shape index (κ3) is 3.07. The maximum atomic E-state index is 13.3. The number of aliphatic hydroxyl groups is 1. The third-order valence-corrected chi connectivity index (χ3v) is 3.42. The van der Waals surface area contributed by atoms with E-state index in [-0.39, 0.29) is 11.9 Å². The van der Waals surface area contributed by atoms with Crippen LogP contribution in [0, 0.1) is 12.7 Å². The molecule has 0 radical (unpaired) electrons. The number of hydrogen-bond acceptors (Lipinski definition) is 3. The van der Waals surface area contributed by atoms with E-state index in [0.717, 1.165) is 12.1 Å². The molecule has 2 unspecified atom stereocenters. The van der Waals surface area contributed by atoms with Crippen LogP contribution in [0.2, 0.25) is 0 Å². The molecule has 0 spiro atoms. The Hall–Kier alpha value is -0.970. The van der Waals surface area contributed by atoms with Gasteiger partial charge in [0.05, 0.1) is 18.8 Å². The van der Waals surface area contributed by atoms with E-state index in [2.05, 4.69) is 5.32 Å². The van der Waals surface area contributed by atoms with Crippen molar-refractivity contribution in [2.45, 2.75) is 31.9 Å². The number of ether oxygens (including phenoxy) is 1. The standard InChI is InChI=1S/C14H20FNO2/c1-10-3-4-11(15)7-13(10)14(2,17)8-12-9-18-6-5-16-12/h3-4,7,12,16-17H,5-6,8-9H2,1-2H3. The Kier molecular flexibility index (Phi) is 4.00. The molecule has 1 saturated heterocycles. The zero-order valence-corrected chi connectivity index (χ0v) is 10.9. The van der Waals surface area contributed by atoms with Crippen LogP contribution in [-0.2, 0) is 10.3 Å². The minimum Gasteiger partial charge on any atom is -0.385 e. The smallest absolute Gasteiger partial charge is 0.123 e. The molecule has 0 amide bonds. The molecular weight excluding hydrogens is 233 g/mol. The molecule has 4 heteroatoms. The van der Waals surface area contributed by atoms with Crippen molar-refractivity contribution in [3.05, 3.63) is 35.1 Å². The number of halogens is 1. The lowest BCUT2D eigenvalue weighted by atomic mass is 9.86. The Morgan fingerprint density at radius 3 is 3.00 bits per heavy atom. The first-order valence-corrected chi connectivity index (χ1v) is 6.29. The zero-order chi connectivity index (χ0) is 13.2. The van der Waals surface area contributed by atoms with Crippen LogP contribution in [0.15, 0.2) is 18.2 Å². The Morgan fingerprint density at radius 1 is 1.56 bits per heavy atom. The third-order valence-electron chi connectivity index (χ3n) is 3.42. The molecule has 1 aromatic rings. The predicted molar refractivity (Wildman–Crippen MR) is 67.9 cm³/mol. The van der Waals surface area contributed by atoms with Gasteiger partial charge in [-0.05, 0) is 43.5 Å². The molecule has 1 aromatic carbocycles. The molecule has 1 heterocycles. The average Bonchev–Trinajstić information content (AvgIpc) is 2.33. The molecule has 2 rings (SSSR count). The highest BCUT2D eigenvalue weighted by Crippen LogP contribution is 2.29. The van der Waals surface area contributed by atoms with Crippen molar-refractivity contribution in [2.75, 3.05) is 19.8 Å². The predicted octanol–water partition coefficient (Wildman–Crippen LogP) is 1.72. The van der Waals surface area contributed by atoms with Crippen molar-refractivity contribution in [3.63, 3.8) is 0 Å². The molecule has 2 atom stereocenters. The first-order chi connectivity index (χ1) is 8.49. The molecule has 100 valence electrons. The van der Waals surface area contributed by atoms with Gasteiger partial charge in [0.1, 0.15) is 5.82 Å². The van der Waals surface area contributed by atoms with Gasteiger partial charge in [0.15, 0.2) is 0 Å². The zero-order valence-electron chi connectivity index (χ0n) is 10.9. The van der Waals surface area contributed by atoms with Crippen LogP contribution in [0.5, 0.6) is 0 Å². The van der Waals surface area contributed by atoms with E-state index in [1.54, 1.807) is 13.0 Å². The van der Waals surface area contributed by atoms with E-state index in [4.69, 9.17) is 4.74 Å². The summed E-state index contributed by atoms with van der Waals surface area (Å²) < 4.78 is 18.7. The van der Waals surface area contributed by atoms with Gasteiger partial charge >= 0.3 is 0 Å². The van der Waals surface area contributed by atoms with Crippen molar-refractivity contribution in [2.24, 2.45) is 0 Å². The Morgan fingerprint density at radius 2 is 2.33 bits per heavy atom. The Labute approximate surface area is 107 Å². The molecular formula is C14H20FNO2. The lowest BCUT2D eigenvalue weighted by Crippen LogP contribution is -2.45. The molecule has 0 aromatic heterocycles. The van der Waals surface area contributed by atoms with Crippen molar-refractivity contribution in [1.29, 1.82) is 0 Å². The topological polar surface area (TPSA) is 41.5 Å². The highest BCUT2D eigenvalue weighted by molar-refractivity contribution is 5.31. The SMILES string of the molecule is Cc1ccc(F)cc1C(C)(O)CC1COCCN1. The normalized spacial score (nSPS) is 23.7. The van der Waals surface area contributed by atoms with Gasteiger partial charge < -0.3 is 15.2 Å². The van der Waals surface area contributed by atoms with E-state index in [1.165, 1.54) is 12.1 Å². The highest BCUT2D eigenvalue weighted by Gasteiger charge is 2.30. The molecule has 18 heavy (non-hydrogen) atoms. The maximum Gasteiger partial charge on any atom is 0.123 e. The van der Waals surface area contributed by atoms with Gasteiger partial charge in [-0.2, -0.15) is 0 Å². The van der Waals surface area contributed by atoms with Gasteiger partial charge in [0.2, 0.25) is 0 Å². The second-order valence-electron chi connectivity index (χ2n) is 5.16. The second kappa shape index (κ2) is 5.34. The average molecular weight is 253 g/mol. The molecule has 0 saturated carbocycles. The summed E-state index contributed by atoms with van der Waals surface area (Å²) in [6.07, 6.45) is 0.511. The van der Waals surface area contributed by atoms with Crippen LogP contribution < -0.4 is 5.32 Å². The van der Waals surface area contributed by atoms with Crippen LogP contribution in [0.4, 0.5) is 4.39 Å². The molecule has 1 aliphatic heterocycles. The summed E-state index contributed by atoms with van der Waals surface area (Å²) in [5, 5.41) is 13.9. The van der Waals surface area contributed by atoms with E-state index in [9.17, 15) is 9.50 Å². The highest BCUT2D eigenvalue weighted by atomic mass is 19.1. The first-order valence-electron chi connectivity index (χ1n) is 6.29. The summed E-state index contributed by atoms with van der Waals surface area (Å²) >= 11 is 0.